The van der Waals surface area contributed by atoms with E-state index in [4.69, 9.17) is 20.9 Å². The van der Waals surface area contributed by atoms with E-state index < -0.39 is 12.0 Å². The molecule has 0 aliphatic heterocycles. The third-order valence-corrected chi connectivity index (χ3v) is 2.38. The first-order chi connectivity index (χ1) is 6.54. The van der Waals surface area contributed by atoms with Gasteiger partial charge in [-0.1, -0.05) is 0 Å². The molecule has 0 aromatic rings. The van der Waals surface area contributed by atoms with E-state index in [0.29, 0.717) is 12.8 Å². The second-order valence-electron chi connectivity index (χ2n) is 3.24. The smallest absolute Gasteiger partial charge is 0.220 e. The highest BCUT2D eigenvalue weighted by Crippen LogP contribution is 2.30. The van der Waals surface area contributed by atoms with Gasteiger partial charge < -0.3 is 10.5 Å². The molecule has 0 heterocycles. The number of hydrogen-bond acceptors (Lipinski definition) is 6. The number of carbonyl (C=O) groups is 1. The number of nitrogens with two attached hydrogens (primary N) is 1. The van der Waals surface area contributed by atoms with Crippen LogP contribution in [0.3, 0.4) is 0 Å². The van der Waals surface area contributed by atoms with E-state index in [2.05, 4.69) is 4.84 Å². The number of ether oxygens (including phenoxy) is 1. The first kappa shape index (κ1) is 11.3. The van der Waals surface area contributed by atoms with Crippen molar-refractivity contribution in [1.82, 2.24) is 5.39 Å². The zero-order valence-corrected chi connectivity index (χ0v) is 7.79. The van der Waals surface area contributed by atoms with Gasteiger partial charge in [0, 0.05) is 13.0 Å². The number of primary amides is 1. The monoisotopic (exact) mass is 206 g/mol. The molecule has 14 heavy (non-hydrogen) atoms. The minimum atomic E-state index is -0.563. The number of nitrogens with zero attached hydrogens (tertiary/aromatic N) is 1. The van der Waals surface area contributed by atoms with Crippen LogP contribution in [0.15, 0.2) is 0 Å². The molecule has 1 amide bonds. The summed E-state index contributed by atoms with van der Waals surface area (Å²) in [4.78, 5) is 15.5. The van der Waals surface area contributed by atoms with Crippen molar-refractivity contribution in [3.63, 3.8) is 0 Å². The summed E-state index contributed by atoms with van der Waals surface area (Å²) in [5.41, 5.74) is 5.12. The second kappa shape index (κ2) is 4.67. The Kier molecular flexibility index (Phi) is 3.78. The van der Waals surface area contributed by atoms with Gasteiger partial charge in [0.05, 0.1) is 11.5 Å². The van der Waals surface area contributed by atoms with Crippen molar-refractivity contribution in [3.8, 4) is 0 Å². The lowest BCUT2D eigenvalue weighted by Crippen LogP contribution is -2.31. The Balaban J connectivity index is 2.53. The summed E-state index contributed by atoms with van der Waals surface area (Å²) in [7, 11) is 1.46. The molecule has 0 aromatic heterocycles. The van der Waals surface area contributed by atoms with Gasteiger partial charge in [0.1, 0.15) is 6.10 Å². The van der Waals surface area contributed by atoms with Gasteiger partial charge in [0.25, 0.3) is 0 Å². The average molecular weight is 206 g/mol. The maximum absolute atomic E-state index is 10.9. The molecule has 1 aliphatic carbocycles. The Morgan fingerprint density at radius 1 is 1.43 bits per heavy atom. The maximum atomic E-state index is 10.9. The highest BCUT2D eigenvalue weighted by atomic mass is 17.1. The van der Waals surface area contributed by atoms with Crippen molar-refractivity contribution < 1.29 is 24.8 Å². The van der Waals surface area contributed by atoms with Crippen LogP contribution in [0.5, 0.6) is 0 Å². The van der Waals surface area contributed by atoms with E-state index in [1.54, 1.807) is 0 Å². The van der Waals surface area contributed by atoms with Crippen LogP contribution < -0.4 is 5.73 Å². The molecule has 1 rings (SSSR count). The van der Waals surface area contributed by atoms with Crippen LogP contribution in [0.25, 0.3) is 0 Å². The predicted molar refractivity (Wildman–Crippen MR) is 43.0 cm³/mol. The summed E-state index contributed by atoms with van der Waals surface area (Å²) in [6.07, 6.45) is -0.155. The first-order valence-electron chi connectivity index (χ1n) is 4.21. The molecule has 0 saturated heterocycles. The summed E-state index contributed by atoms with van der Waals surface area (Å²) >= 11 is 0. The van der Waals surface area contributed by atoms with Crippen molar-refractivity contribution in [1.29, 1.82) is 0 Å². The largest absolute Gasteiger partial charge is 0.379 e. The second-order valence-corrected chi connectivity index (χ2v) is 3.24. The van der Waals surface area contributed by atoms with E-state index in [1.165, 1.54) is 7.11 Å². The lowest BCUT2D eigenvalue weighted by molar-refractivity contribution is -0.507. The summed E-state index contributed by atoms with van der Waals surface area (Å²) < 4.78 is 5.02. The fourth-order valence-corrected chi connectivity index (χ4v) is 1.67. The van der Waals surface area contributed by atoms with Crippen LogP contribution >= 0.6 is 0 Å². The van der Waals surface area contributed by atoms with Gasteiger partial charge in [0.15, 0.2) is 0 Å². The van der Waals surface area contributed by atoms with Gasteiger partial charge in [-0.2, -0.15) is 0 Å². The molecule has 0 spiro atoms. The van der Waals surface area contributed by atoms with Crippen molar-refractivity contribution in [2.75, 3.05) is 7.11 Å². The van der Waals surface area contributed by atoms with Crippen molar-refractivity contribution in [3.05, 3.63) is 0 Å². The highest BCUT2D eigenvalue weighted by molar-refractivity contribution is 5.77. The number of amides is 1. The fourth-order valence-electron chi connectivity index (χ4n) is 1.67. The lowest BCUT2D eigenvalue weighted by atomic mass is 10.1. The third kappa shape index (κ3) is 2.63. The molecule has 0 aromatic carbocycles. The third-order valence-electron chi connectivity index (χ3n) is 2.38. The van der Waals surface area contributed by atoms with Gasteiger partial charge in [0.2, 0.25) is 5.91 Å². The van der Waals surface area contributed by atoms with Gasteiger partial charge in [-0.05, 0) is 12.8 Å². The molecular weight excluding hydrogens is 192 g/mol. The Labute approximate surface area is 80.9 Å². The molecule has 7 heteroatoms. The fraction of sp³-hybridized carbons (Fsp3) is 0.857. The summed E-state index contributed by atoms with van der Waals surface area (Å²) in [6.45, 7) is 0. The Morgan fingerprint density at radius 2 is 2.00 bits per heavy atom. The van der Waals surface area contributed by atoms with Gasteiger partial charge in [-0.15, -0.1) is 0 Å². The molecule has 0 bridgehead atoms. The number of carbonyl (C=O) groups excluding carboxylic acids is 1. The van der Waals surface area contributed by atoms with Gasteiger partial charge >= 0.3 is 0 Å². The first-order valence-corrected chi connectivity index (χ1v) is 4.21. The van der Waals surface area contributed by atoms with Crippen molar-refractivity contribution >= 4 is 5.91 Å². The normalized spacial score (nSPS) is 32.4. The Morgan fingerprint density at radius 3 is 2.43 bits per heavy atom. The van der Waals surface area contributed by atoms with Gasteiger partial charge in [-0.25, -0.2) is 4.84 Å². The lowest BCUT2D eigenvalue weighted by Gasteiger charge is -2.18. The average Bonchev–Trinajstić information content (AvgIpc) is 2.46. The van der Waals surface area contributed by atoms with Crippen LogP contribution in [0.4, 0.5) is 0 Å². The Bertz CT molecular complexity index is 210. The van der Waals surface area contributed by atoms with E-state index in [9.17, 15) is 4.79 Å². The van der Waals surface area contributed by atoms with Crippen LogP contribution in [0, 0.1) is 5.92 Å². The minimum absolute atomic E-state index is 0.325. The van der Waals surface area contributed by atoms with Crippen molar-refractivity contribution in [2.24, 2.45) is 11.7 Å². The molecule has 7 nitrogen and oxygen atoms in total. The molecule has 82 valence electrons. The quantitative estimate of drug-likeness (QED) is 0.524. The summed E-state index contributed by atoms with van der Waals surface area (Å²) in [5, 5.41) is 16.5. The van der Waals surface area contributed by atoms with E-state index in [-0.39, 0.29) is 17.4 Å². The summed E-state index contributed by atoms with van der Waals surface area (Å²) in [6, 6.07) is 0. The van der Waals surface area contributed by atoms with E-state index in [0.717, 1.165) is 0 Å². The Hall–Kier alpha value is -0.730. The SMILES string of the molecule is CO[C@H]1C[C@@H](C(N)=O)C[C@@H]1ON(O)O. The molecular formula is C7H14N2O5. The van der Waals surface area contributed by atoms with Crippen LogP contribution in [0.1, 0.15) is 12.8 Å². The predicted octanol–water partition coefficient (Wildman–Crippen LogP) is -0.723. The highest BCUT2D eigenvalue weighted by Gasteiger charge is 2.39. The summed E-state index contributed by atoms with van der Waals surface area (Å²) in [5.74, 6) is -0.773. The standard InChI is InChI=1S/C7H14N2O5/c1-13-5-2-4(7(8)10)3-6(5)14-9(11)12/h4-6,11-12H,2-3H2,1H3,(H2,8,10)/t4-,5+,6+/m1/s1. The molecule has 1 fully saturated rings. The van der Waals surface area contributed by atoms with E-state index >= 15 is 0 Å². The van der Waals surface area contributed by atoms with E-state index in [1.807, 2.05) is 0 Å². The number of methoxy groups -OCH3 is 1. The molecule has 4 N–H and O–H groups in total. The minimum Gasteiger partial charge on any atom is -0.379 e. The van der Waals surface area contributed by atoms with Crippen LogP contribution in [-0.2, 0) is 14.4 Å². The van der Waals surface area contributed by atoms with Gasteiger partial charge in [-0.3, -0.25) is 15.2 Å². The number of hydrogen-bond donors (Lipinski definition) is 3. The maximum Gasteiger partial charge on any atom is 0.220 e. The topological polar surface area (TPSA) is 105 Å². The number of rotatable bonds is 4. The van der Waals surface area contributed by atoms with Crippen molar-refractivity contribution in [2.45, 2.75) is 25.0 Å². The van der Waals surface area contributed by atoms with Crippen LogP contribution in [0.2, 0.25) is 0 Å². The zero-order valence-electron chi connectivity index (χ0n) is 7.79. The zero-order chi connectivity index (χ0) is 10.7. The molecule has 0 radical (unpaired) electrons. The molecule has 1 aliphatic rings. The molecule has 3 atom stereocenters. The molecule has 0 unspecified atom stereocenters. The molecule has 1 saturated carbocycles. The van der Waals surface area contributed by atoms with Crippen LogP contribution in [-0.4, -0.2) is 41.0 Å².